The van der Waals surface area contributed by atoms with Crippen molar-refractivity contribution in [1.29, 1.82) is 0 Å². The minimum absolute atomic E-state index is 0.153. The standard InChI is InChI=1S/C35H32N4O3/c1-35(2,3)42-34(41)39(4)29(23-40)22-37-33-18-16-30(28-20-27-11-7-8-12-31(27)36-21-28)32(38-33)17-14-24-13-15-25-9-5-6-10-26(25)19-24/h5-13,15-16,18-21,23,29H,22H2,1-4H3,(H,37,38). The maximum Gasteiger partial charge on any atom is 0.410 e. The summed E-state index contributed by atoms with van der Waals surface area (Å²) in [4.78, 5) is 35.1. The number of likely N-dealkylation sites (N-methyl/N-ethyl adjacent to an activating group) is 1. The van der Waals surface area contributed by atoms with Gasteiger partial charge >= 0.3 is 6.09 Å². The highest BCUT2D eigenvalue weighted by Gasteiger charge is 2.25. The van der Waals surface area contributed by atoms with E-state index < -0.39 is 17.7 Å². The fourth-order valence-corrected chi connectivity index (χ4v) is 4.46. The van der Waals surface area contributed by atoms with Gasteiger partial charge in [-0.2, -0.15) is 0 Å². The van der Waals surface area contributed by atoms with Gasteiger partial charge in [0.05, 0.1) is 5.52 Å². The number of fused-ring (bicyclic) bond motifs is 2. The first-order valence-electron chi connectivity index (χ1n) is 13.7. The van der Waals surface area contributed by atoms with Gasteiger partial charge in [0, 0.05) is 41.9 Å². The predicted molar refractivity (Wildman–Crippen MR) is 167 cm³/mol. The van der Waals surface area contributed by atoms with Gasteiger partial charge in [-0.1, -0.05) is 54.5 Å². The number of hydrogen-bond donors (Lipinski definition) is 1. The van der Waals surface area contributed by atoms with E-state index in [9.17, 15) is 9.59 Å². The van der Waals surface area contributed by atoms with Crippen LogP contribution in [-0.2, 0) is 9.53 Å². The molecule has 2 aromatic heterocycles. The lowest BCUT2D eigenvalue weighted by Gasteiger charge is -2.28. The lowest BCUT2D eigenvalue weighted by atomic mass is 10.0. The molecule has 1 amide bonds. The number of benzene rings is 3. The third-order valence-corrected chi connectivity index (χ3v) is 6.70. The first-order chi connectivity index (χ1) is 20.2. The van der Waals surface area contributed by atoms with Crippen molar-refractivity contribution in [2.45, 2.75) is 32.4 Å². The number of nitrogens with zero attached hydrogens (tertiary/aromatic N) is 3. The average molecular weight is 557 g/mol. The largest absolute Gasteiger partial charge is 0.444 e. The number of carbonyl (C=O) groups is 2. The summed E-state index contributed by atoms with van der Waals surface area (Å²) in [6, 6.07) is 27.3. The molecule has 0 spiro atoms. The van der Waals surface area contributed by atoms with Crippen LogP contribution in [0.15, 0.2) is 91.1 Å². The molecule has 7 nitrogen and oxygen atoms in total. The molecule has 0 saturated carbocycles. The van der Waals surface area contributed by atoms with Gasteiger partial charge in [-0.25, -0.2) is 9.78 Å². The van der Waals surface area contributed by atoms with Crippen LogP contribution in [-0.4, -0.2) is 52.5 Å². The molecule has 1 N–H and O–H groups in total. The van der Waals surface area contributed by atoms with Crippen molar-refractivity contribution in [3.8, 4) is 23.0 Å². The molecule has 0 bridgehead atoms. The first-order valence-corrected chi connectivity index (χ1v) is 13.7. The monoisotopic (exact) mass is 556 g/mol. The number of hydrogen-bond acceptors (Lipinski definition) is 6. The Kier molecular flexibility index (Phi) is 8.16. The van der Waals surface area contributed by atoms with E-state index in [1.807, 2.05) is 60.8 Å². The van der Waals surface area contributed by atoms with Gasteiger partial charge in [0.2, 0.25) is 0 Å². The summed E-state index contributed by atoms with van der Waals surface area (Å²) in [5, 5.41) is 6.47. The van der Waals surface area contributed by atoms with Crippen LogP contribution in [0.25, 0.3) is 32.8 Å². The Morgan fingerprint density at radius 1 is 0.952 bits per heavy atom. The Labute approximate surface area is 245 Å². The van der Waals surface area contributed by atoms with Gasteiger partial charge in [-0.3, -0.25) is 9.88 Å². The highest BCUT2D eigenvalue weighted by molar-refractivity contribution is 5.85. The molecule has 5 rings (SSSR count). The van der Waals surface area contributed by atoms with E-state index in [0.717, 1.165) is 38.4 Å². The molecule has 1 unspecified atom stereocenters. The number of pyridine rings is 2. The van der Waals surface area contributed by atoms with Gasteiger partial charge in [0.25, 0.3) is 0 Å². The number of rotatable bonds is 6. The molecular formula is C35H32N4O3. The zero-order valence-electron chi connectivity index (χ0n) is 24.1. The maximum atomic E-state index is 12.5. The van der Waals surface area contributed by atoms with Crippen molar-refractivity contribution in [3.05, 3.63) is 102 Å². The Hall–Kier alpha value is -5.22. The Balaban J connectivity index is 1.46. The summed E-state index contributed by atoms with van der Waals surface area (Å²) in [6.07, 6.45) is 1.97. The lowest BCUT2D eigenvalue weighted by Crippen LogP contribution is -2.44. The molecule has 0 aliphatic carbocycles. The van der Waals surface area contributed by atoms with Crippen molar-refractivity contribution in [2.24, 2.45) is 0 Å². The predicted octanol–water partition coefficient (Wildman–Crippen LogP) is 6.70. The molecule has 0 fully saturated rings. The topological polar surface area (TPSA) is 84.4 Å². The number of aromatic nitrogens is 2. The number of carbonyl (C=O) groups excluding carboxylic acids is 2. The van der Waals surface area contributed by atoms with Crippen LogP contribution in [0.4, 0.5) is 10.6 Å². The van der Waals surface area contributed by atoms with Crippen LogP contribution in [0.2, 0.25) is 0 Å². The molecular weight excluding hydrogens is 524 g/mol. The smallest absolute Gasteiger partial charge is 0.410 e. The van der Waals surface area contributed by atoms with E-state index in [4.69, 9.17) is 9.72 Å². The molecule has 0 radical (unpaired) electrons. The molecule has 1 atom stereocenters. The Morgan fingerprint density at radius 2 is 1.69 bits per heavy atom. The quantitative estimate of drug-likeness (QED) is 0.185. The minimum Gasteiger partial charge on any atom is -0.444 e. The van der Waals surface area contributed by atoms with E-state index in [-0.39, 0.29) is 6.54 Å². The SMILES string of the molecule is CN(C(=O)OC(C)(C)C)C(C=O)CNc1ccc(-c2cnc3ccccc3c2)c(C#Cc2ccc3ccccc3c2)n1. The van der Waals surface area contributed by atoms with Gasteiger partial charge in [0.15, 0.2) is 0 Å². The summed E-state index contributed by atoms with van der Waals surface area (Å²) < 4.78 is 5.41. The number of amides is 1. The summed E-state index contributed by atoms with van der Waals surface area (Å²) in [6.45, 7) is 5.50. The van der Waals surface area contributed by atoms with E-state index in [0.29, 0.717) is 17.8 Å². The molecule has 0 saturated heterocycles. The van der Waals surface area contributed by atoms with E-state index in [1.165, 1.54) is 4.90 Å². The van der Waals surface area contributed by atoms with Crippen molar-refractivity contribution in [2.75, 3.05) is 18.9 Å². The number of aldehydes is 1. The molecule has 0 aliphatic heterocycles. The van der Waals surface area contributed by atoms with Crippen molar-refractivity contribution < 1.29 is 14.3 Å². The maximum absolute atomic E-state index is 12.5. The van der Waals surface area contributed by atoms with Crippen LogP contribution in [0, 0.1) is 11.8 Å². The molecule has 5 aromatic rings. The zero-order chi connectivity index (χ0) is 29.7. The third-order valence-electron chi connectivity index (χ3n) is 6.70. The minimum atomic E-state index is -0.752. The lowest BCUT2D eigenvalue weighted by molar-refractivity contribution is -0.111. The highest BCUT2D eigenvalue weighted by Crippen LogP contribution is 2.26. The molecule has 3 aromatic carbocycles. The first kappa shape index (κ1) is 28.3. The number of para-hydroxylation sites is 1. The zero-order valence-corrected chi connectivity index (χ0v) is 24.1. The average Bonchev–Trinajstić information content (AvgIpc) is 2.99. The van der Waals surface area contributed by atoms with E-state index in [1.54, 1.807) is 27.8 Å². The van der Waals surface area contributed by atoms with Crippen molar-refractivity contribution in [3.63, 3.8) is 0 Å². The van der Waals surface area contributed by atoms with E-state index >= 15 is 0 Å². The van der Waals surface area contributed by atoms with Crippen LogP contribution in [0.3, 0.4) is 0 Å². The summed E-state index contributed by atoms with van der Waals surface area (Å²) in [7, 11) is 1.54. The van der Waals surface area contributed by atoms with Gasteiger partial charge in [0.1, 0.15) is 29.4 Å². The second-order valence-corrected chi connectivity index (χ2v) is 11.0. The fourth-order valence-electron chi connectivity index (χ4n) is 4.46. The normalized spacial score (nSPS) is 11.8. The summed E-state index contributed by atoms with van der Waals surface area (Å²) in [5.41, 5.74) is 3.41. The van der Waals surface area contributed by atoms with Crippen molar-refractivity contribution in [1.82, 2.24) is 14.9 Å². The van der Waals surface area contributed by atoms with Crippen LogP contribution < -0.4 is 5.32 Å². The summed E-state index contributed by atoms with van der Waals surface area (Å²) >= 11 is 0. The van der Waals surface area contributed by atoms with Gasteiger partial charge in [-0.15, -0.1) is 0 Å². The number of anilines is 1. The third kappa shape index (κ3) is 6.73. The second kappa shape index (κ2) is 12.1. The molecule has 42 heavy (non-hydrogen) atoms. The number of nitrogens with one attached hydrogen (secondary N) is 1. The van der Waals surface area contributed by atoms with Crippen LogP contribution in [0.1, 0.15) is 32.0 Å². The van der Waals surface area contributed by atoms with E-state index in [2.05, 4.69) is 52.5 Å². The Bertz CT molecular complexity index is 1830. The van der Waals surface area contributed by atoms with Crippen LogP contribution >= 0.6 is 0 Å². The highest BCUT2D eigenvalue weighted by atomic mass is 16.6. The van der Waals surface area contributed by atoms with Gasteiger partial charge in [-0.05, 0) is 73.9 Å². The molecule has 7 heteroatoms. The second-order valence-electron chi connectivity index (χ2n) is 11.0. The molecule has 210 valence electrons. The fraction of sp³-hybridized carbons (Fsp3) is 0.200. The molecule has 0 aliphatic rings. The Morgan fingerprint density at radius 3 is 2.45 bits per heavy atom. The van der Waals surface area contributed by atoms with Crippen molar-refractivity contribution >= 4 is 39.9 Å². The number of ether oxygens (including phenoxy) is 1. The van der Waals surface area contributed by atoms with Gasteiger partial charge < -0.3 is 14.8 Å². The molecule has 2 heterocycles. The summed E-state index contributed by atoms with van der Waals surface area (Å²) in [5.74, 6) is 7.07. The van der Waals surface area contributed by atoms with Crippen LogP contribution in [0.5, 0.6) is 0 Å².